The van der Waals surface area contributed by atoms with E-state index in [2.05, 4.69) is 4.98 Å². The van der Waals surface area contributed by atoms with Gasteiger partial charge in [0, 0.05) is 44.0 Å². The second-order valence-corrected chi connectivity index (χ2v) is 8.13. The van der Waals surface area contributed by atoms with Crippen LogP contribution in [-0.4, -0.2) is 50.6 Å². The summed E-state index contributed by atoms with van der Waals surface area (Å²) >= 11 is 0. The molecule has 1 amide bonds. The van der Waals surface area contributed by atoms with Gasteiger partial charge in [0.25, 0.3) is 5.91 Å². The zero-order chi connectivity index (χ0) is 18.0. The summed E-state index contributed by atoms with van der Waals surface area (Å²) in [5.74, 6) is -0.0727. The van der Waals surface area contributed by atoms with E-state index in [4.69, 9.17) is 0 Å². The molecule has 7 heteroatoms. The Hall–Kier alpha value is -2.41. The van der Waals surface area contributed by atoms with Crippen LogP contribution in [0.5, 0.6) is 0 Å². The molecule has 6 nitrogen and oxygen atoms in total. The van der Waals surface area contributed by atoms with Crippen LogP contribution in [0.4, 0.5) is 5.69 Å². The Kier molecular flexibility index (Phi) is 4.76. The van der Waals surface area contributed by atoms with Gasteiger partial charge in [0.15, 0.2) is 0 Å². The van der Waals surface area contributed by atoms with Crippen LogP contribution in [0.2, 0.25) is 0 Å². The summed E-state index contributed by atoms with van der Waals surface area (Å²) < 4.78 is 25.0. The largest absolute Gasteiger partial charge is 0.341 e. The number of fused-ring (bicyclic) bond motifs is 1. The lowest BCUT2D eigenvalue weighted by Gasteiger charge is -2.19. The number of hydrogen-bond acceptors (Lipinski definition) is 4. The first-order valence-electron chi connectivity index (χ1n) is 8.12. The van der Waals surface area contributed by atoms with Crippen molar-refractivity contribution in [1.29, 1.82) is 0 Å². The third-order valence-corrected chi connectivity index (χ3v) is 5.54. The molecule has 0 bridgehead atoms. The summed E-state index contributed by atoms with van der Waals surface area (Å²) in [5.41, 5.74) is 3.10. The zero-order valence-electron chi connectivity index (χ0n) is 14.3. The van der Waals surface area contributed by atoms with Gasteiger partial charge in [0.1, 0.15) is 0 Å². The molecule has 0 saturated carbocycles. The van der Waals surface area contributed by atoms with Crippen LogP contribution in [-0.2, 0) is 22.9 Å². The predicted molar refractivity (Wildman–Crippen MR) is 97.2 cm³/mol. The van der Waals surface area contributed by atoms with Crippen molar-refractivity contribution in [3.05, 3.63) is 59.4 Å². The van der Waals surface area contributed by atoms with Gasteiger partial charge >= 0.3 is 0 Å². The van der Waals surface area contributed by atoms with E-state index < -0.39 is 10.0 Å². The standard InChI is InChI=1S/C18H21N3O3S/c1-20(11-9-16-5-3-4-10-19-16)18(22)15-6-7-17-14(13-15)8-12-21(17)25(2,23)24/h3-7,10,13H,8-9,11-12H2,1-2H3. The van der Waals surface area contributed by atoms with Crippen molar-refractivity contribution in [3.63, 3.8) is 0 Å². The number of rotatable bonds is 5. The van der Waals surface area contributed by atoms with Crippen LogP contribution in [0.1, 0.15) is 21.6 Å². The Morgan fingerprint density at radius 2 is 2.08 bits per heavy atom. The minimum Gasteiger partial charge on any atom is -0.341 e. The molecular formula is C18H21N3O3S. The van der Waals surface area contributed by atoms with E-state index in [1.165, 1.54) is 10.6 Å². The molecule has 0 spiro atoms. The highest BCUT2D eigenvalue weighted by molar-refractivity contribution is 7.92. The lowest BCUT2D eigenvalue weighted by atomic mass is 10.1. The number of aromatic nitrogens is 1. The molecule has 0 unspecified atom stereocenters. The highest BCUT2D eigenvalue weighted by Crippen LogP contribution is 2.30. The Labute approximate surface area is 148 Å². The van der Waals surface area contributed by atoms with Crippen LogP contribution in [0, 0.1) is 0 Å². The van der Waals surface area contributed by atoms with Crippen molar-refractivity contribution in [3.8, 4) is 0 Å². The SMILES string of the molecule is CN(CCc1ccccn1)C(=O)c1ccc2c(c1)CCN2S(C)(=O)=O. The fraction of sp³-hybridized carbons (Fsp3) is 0.333. The van der Waals surface area contributed by atoms with Crippen LogP contribution in [0.3, 0.4) is 0 Å². The van der Waals surface area contributed by atoms with Gasteiger partial charge in [0.2, 0.25) is 10.0 Å². The molecule has 2 aromatic rings. The van der Waals surface area contributed by atoms with Gasteiger partial charge < -0.3 is 4.90 Å². The first-order chi connectivity index (χ1) is 11.9. The summed E-state index contributed by atoms with van der Waals surface area (Å²) in [6, 6.07) is 11.0. The Morgan fingerprint density at radius 1 is 1.28 bits per heavy atom. The second kappa shape index (κ2) is 6.84. The number of anilines is 1. The molecule has 1 aliphatic rings. The molecule has 0 atom stereocenters. The van der Waals surface area contributed by atoms with Crippen LogP contribution >= 0.6 is 0 Å². The second-order valence-electron chi connectivity index (χ2n) is 6.23. The van der Waals surface area contributed by atoms with E-state index in [1.807, 2.05) is 18.2 Å². The number of carbonyl (C=O) groups excluding carboxylic acids is 1. The van der Waals surface area contributed by atoms with Gasteiger partial charge in [-0.2, -0.15) is 0 Å². The van der Waals surface area contributed by atoms with Crippen molar-refractivity contribution in [2.24, 2.45) is 0 Å². The summed E-state index contributed by atoms with van der Waals surface area (Å²) in [7, 11) is -1.51. The molecule has 0 N–H and O–H groups in total. The lowest BCUT2D eigenvalue weighted by molar-refractivity contribution is 0.0796. The summed E-state index contributed by atoms with van der Waals surface area (Å²) in [6.07, 6.45) is 4.26. The van der Waals surface area contributed by atoms with Crippen LogP contribution in [0.15, 0.2) is 42.6 Å². The number of benzene rings is 1. The number of pyridine rings is 1. The lowest BCUT2D eigenvalue weighted by Crippen LogP contribution is -2.29. The maximum Gasteiger partial charge on any atom is 0.253 e. The fourth-order valence-corrected chi connectivity index (χ4v) is 3.96. The maximum atomic E-state index is 12.6. The number of sulfonamides is 1. The van der Waals surface area contributed by atoms with Crippen molar-refractivity contribution in [2.75, 3.05) is 30.7 Å². The van der Waals surface area contributed by atoms with Crippen molar-refractivity contribution in [2.45, 2.75) is 12.8 Å². The molecule has 0 fully saturated rings. The monoisotopic (exact) mass is 359 g/mol. The Balaban J connectivity index is 1.71. The number of amides is 1. The first kappa shape index (κ1) is 17.4. The van der Waals surface area contributed by atoms with Gasteiger partial charge in [-0.05, 0) is 42.3 Å². The van der Waals surface area contributed by atoms with Gasteiger partial charge in [-0.25, -0.2) is 8.42 Å². The molecule has 1 aliphatic heterocycles. The van der Waals surface area contributed by atoms with Crippen molar-refractivity contribution < 1.29 is 13.2 Å². The summed E-state index contributed by atoms with van der Waals surface area (Å²) in [4.78, 5) is 18.5. The molecule has 3 rings (SSSR count). The molecule has 1 aromatic carbocycles. The van der Waals surface area contributed by atoms with Gasteiger partial charge in [-0.1, -0.05) is 6.07 Å². The van der Waals surface area contributed by atoms with Gasteiger partial charge in [-0.3, -0.25) is 14.1 Å². The van der Waals surface area contributed by atoms with Gasteiger partial charge in [0.05, 0.1) is 11.9 Å². The number of nitrogens with zero attached hydrogens (tertiary/aromatic N) is 3. The van der Waals surface area contributed by atoms with E-state index in [-0.39, 0.29) is 5.91 Å². The number of hydrogen-bond donors (Lipinski definition) is 0. The summed E-state index contributed by atoms with van der Waals surface area (Å²) in [6.45, 7) is 1.00. The minimum absolute atomic E-state index is 0.0727. The average molecular weight is 359 g/mol. The molecule has 0 saturated heterocycles. The predicted octanol–water partition coefficient (Wildman–Crippen LogP) is 1.72. The molecular weight excluding hydrogens is 338 g/mol. The smallest absolute Gasteiger partial charge is 0.253 e. The third kappa shape index (κ3) is 3.82. The number of carbonyl (C=O) groups is 1. The number of likely N-dealkylation sites (N-methyl/N-ethyl adjacent to an activating group) is 1. The third-order valence-electron chi connectivity index (χ3n) is 4.36. The van der Waals surface area contributed by atoms with E-state index >= 15 is 0 Å². The maximum absolute atomic E-state index is 12.6. The quantitative estimate of drug-likeness (QED) is 0.815. The fourth-order valence-electron chi connectivity index (χ4n) is 3.00. The molecule has 25 heavy (non-hydrogen) atoms. The van der Waals surface area contributed by atoms with Gasteiger partial charge in [-0.15, -0.1) is 0 Å². The topological polar surface area (TPSA) is 70.6 Å². The van der Waals surface area contributed by atoms with Crippen molar-refractivity contribution >= 4 is 21.6 Å². The molecule has 0 aliphatic carbocycles. The molecule has 2 heterocycles. The first-order valence-corrected chi connectivity index (χ1v) is 9.97. The Morgan fingerprint density at radius 3 is 2.76 bits per heavy atom. The van der Waals surface area contributed by atoms with Crippen LogP contribution < -0.4 is 4.31 Å². The average Bonchev–Trinajstić information content (AvgIpc) is 3.03. The molecule has 132 valence electrons. The molecule has 1 aromatic heterocycles. The summed E-state index contributed by atoms with van der Waals surface area (Å²) in [5, 5.41) is 0. The van der Waals surface area contributed by atoms with Crippen LogP contribution in [0.25, 0.3) is 0 Å². The normalized spacial score (nSPS) is 13.6. The Bertz CT molecular complexity index is 882. The zero-order valence-corrected chi connectivity index (χ0v) is 15.2. The minimum atomic E-state index is -3.27. The van der Waals surface area contributed by atoms with E-state index in [9.17, 15) is 13.2 Å². The van der Waals surface area contributed by atoms with E-state index in [0.29, 0.717) is 37.2 Å². The molecule has 0 radical (unpaired) electrons. The van der Waals surface area contributed by atoms with Crippen molar-refractivity contribution in [1.82, 2.24) is 9.88 Å². The van der Waals surface area contributed by atoms with E-state index in [0.717, 1.165) is 11.3 Å². The highest BCUT2D eigenvalue weighted by atomic mass is 32.2. The van der Waals surface area contributed by atoms with E-state index in [1.54, 1.807) is 36.3 Å². The highest BCUT2D eigenvalue weighted by Gasteiger charge is 2.27.